The second-order valence-electron chi connectivity index (χ2n) is 9.06. The molecule has 3 aliphatic rings. The first-order valence-corrected chi connectivity index (χ1v) is 12.9. The third-order valence-electron chi connectivity index (χ3n) is 6.23. The Hall–Kier alpha value is -3.40. The molecule has 1 aromatic carbocycles. The van der Waals surface area contributed by atoms with Gasteiger partial charge in [-0.1, -0.05) is 36.4 Å². The number of amides is 1. The molecule has 1 atom stereocenters. The largest absolute Gasteiger partial charge is 0.324 e. The minimum atomic E-state index is -0.404. The molecule has 1 N–H and O–H groups in total. The molecule has 9 nitrogen and oxygen atoms in total. The van der Waals surface area contributed by atoms with Crippen LogP contribution in [-0.4, -0.2) is 40.3 Å². The topological polar surface area (TPSA) is 99.6 Å². The van der Waals surface area contributed by atoms with E-state index in [1.807, 2.05) is 51.1 Å². The summed E-state index contributed by atoms with van der Waals surface area (Å²) in [5, 5.41) is 12.2. The van der Waals surface area contributed by atoms with Gasteiger partial charge in [0.25, 0.3) is 5.56 Å². The minimum Gasteiger partial charge on any atom is -0.324 e. The summed E-state index contributed by atoms with van der Waals surface area (Å²) in [6.45, 7) is 6.67. The Labute approximate surface area is 207 Å². The summed E-state index contributed by atoms with van der Waals surface area (Å²) in [5.41, 5.74) is 2.12. The lowest BCUT2D eigenvalue weighted by Gasteiger charge is -2.20. The molecule has 0 bridgehead atoms. The van der Waals surface area contributed by atoms with Crippen LogP contribution in [0.15, 0.2) is 52.5 Å². The summed E-state index contributed by atoms with van der Waals surface area (Å²) in [7, 11) is 0. The summed E-state index contributed by atoms with van der Waals surface area (Å²) >= 11 is 1.40. The van der Waals surface area contributed by atoms with Crippen molar-refractivity contribution in [2.45, 2.75) is 69.4 Å². The second-order valence-corrected chi connectivity index (χ2v) is 10.4. The Kier molecular flexibility index (Phi) is 6.46. The smallest absolute Gasteiger partial charge is 0.284 e. The van der Waals surface area contributed by atoms with E-state index in [9.17, 15) is 9.59 Å². The van der Waals surface area contributed by atoms with E-state index in [1.54, 1.807) is 16.9 Å². The summed E-state index contributed by atoms with van der Waals surface area (Å²) in [5.74, 6) is 0.978. The average Bonchev–Trinajstić information content (AvgIpc) is 3.35. The van der Waals surface area contributed by atoms with Crippen molar-refractivity contribution in [1.82, 2.24) is 29.1 Å². The molecular formula is C25H29N7O2S. The number of carbonyl (C=O) groups excluding carboxylic acids is 1. The van der Waals surface area contributed by atoms with Crippen molar-refractivity contribution in [2.24, 2.45) is 0 Å². The number of benzene rings is 1. The summed E-state index contributed by atoms with van der Waals surface area (Å²) in [6.07, 6.45) is 5.57. The Bertz CT molecular complexity index is 1370. The van der Waals surface area contributed by atoms with E-state index in [-0.39, 0.29) is 17.5 Å². The lowest BCUT2D eigenvalue weighted by atomic mass is 10.1. The maximum Gasteiger partial charge on any atom is 0.284 e. The van der Waals surface area contributed by atoms with Crippen molar-refractivity contribution in [3.63, 3.8) is 0 Å². The summed E-state index contributed by atoms with van der Waals surface area (Å²) < 4.78 is 5.34. The number of fused-ring (bicyclic) bond motifs is 3. The number of hydrogen-bond donors (Lipinski definition) is 1. The van der Waals surface area contributed by atoms with Gasteiger partial charge in [0.05, 0.1) is 17.1 Å². The molecule has 2 aromatic rings. The zero-order valence-corrected chi connectivity index (χ0v) is 21.0. The quantitative estimate of drug-likeness (QED) is 0.321. The zero-order chi connectivity index (χ0) is 24.5. The number of rotatable bonds is 6. The van der Waals surface area contributed by atoms with Gasteiger partial charge in [-0.3, -0.25) is 9.59 Å². The molecule has 0 saturated carbocycles. The molecule has 0 saturated heterocycles. The SMILES string of the molecule is CC(C)n1nccc1NC(=O)[C@@H](C)Sc1nc2nn(-c3ccccc3)c(=O)c-2c2n1CCCCC2. The molecule has 182 valence electrons. The molecule has 10 heteroatoms. The van der Waals surface area contributed by atoms with Crippen LogP contribution in [0.5, 0.6) is 0 Å². The number of thioether (sulfide) groups is 1. The number of hydrogen-bond acceptors (Lipinski definition) is 6. The van der Waals surface area contributed by atoms with Crippen LogP contribution >= 0.6 is 11.8 Å². The van der Waals surface area contributed by atoms with Gasteiger partial charge in [-0.15, -0.1) is 5.10 Å². The first-order valence-electron chi connectivity index (χ1n) is 12.0. The van der Waals surface area contributed by atoms with Gasteiger partial charge in [0.15, 0.2) is 11.0 Å². The number of anilines is 1. The minimum absolute atomic E-state index is 0.124. The third kappa shape index (κ3) is 4.50. The van der Waals surface area contributed by atoms with Gasteiger partial charge in [0.1, 0.15) is 11.4 Å². The van der Waals surface area contributed by atoms with E-state index in [0.717, 1.165) is 37.9 Å². The maximum absolute atomic E-state index is 13.4. The van der Waals surface area contributed by atoms with Gasteiger partial charge in [0, 0.05) is 24.3 Å². The Morgan fingerprint density at radius 2 is 1.89 bits per heavy atom. The summed E-state index contributed by atoms with van der Waals surface area (Å²) in [4.78, 5) is 31.2. The van der Waals surface area contributed by atoms with Crippen molar-refractivity contribution < 1.29 is 4.79 Å². The molecule has 3 aliphatic heterocycles. The molecule has 4 heterocycles. The van der Waals surface area contributed by atoms with Crippen molar-refractivity contribution in [1.29, 1.82) is 0 Å². The fraction of sp³-hybridized carbons (Fsp3) is 0.400. The zero-order valence-electron chi connectivity index (χ0n) is 20.1. The van der Waals surface area contributed by atoms with E-state index in [2.05, 4.69) is 20.1 Å². The van der Waals surface area contributed by atoms with Crippen molar-refractivity contribution in [3.8, 4) is 17.1 Å². The fourth-order valence-corrected chi connectivity index (χ4v) is 5.40. The van der Waals surface area contributed by atoms with Gasteiger partial charge < -0.3 is 9.88 Å². The monoisotopic (exact) mass is 491 g/mol. The Balaban J connectivity index is 1.51. The van der Waals surface area contributed by atoms with E-state index >= 15 is 0 Å². The fourth-order valence-electron chi connectivity index (χ4n) is 4.45. The van der Waals surface area contributed by atoms with Gasteiger partial charge in [-0.25, -0.2) is 9.67 Å². The van der Waals surface area contributed by atoms with Crippen LogP contribution < -0.4 is 10.9 Å². The van der Waals surface area contributed by atoms with Crippen LogP contribution in [0.1, 0.15) is 51.8 Å². The Morgan fingerprint density at radius 1 is 1.09 bits per heavy atom. The lowest BCUT2D eigenvalue weighted by molar-refractivity contribution is -0.115. The first kappa shape index (κ1) is 23.3. The van der Waals surface area contributed by atoms with Crippen LogP contribution in [0.3, 0.4) is 0 Å². The number of carbonyl (C=O) groups is 1. The van der Waals surface area contributed by atoms with Crippen LogP contribution in [0.4, 0.5) is 5.82 Å². The average molecular weight is 492 g/mol. The second kappa shape index (κ2) is 9.69. The molecule has 0 unspecified atom stereocenters. The standard InChI is InChI=1S/C25H29N7O2S/c1-16(2)31-20(13-14-26-31)27-23(33)17(3)35-25-28-22-21(19-12-8-5-9-15-30(19)25)24(34)32(29-22)18-10-6-4-7-11-18/h4,6-7,10-11,13-14,16-17H,5,8-9,12,15H2,1-3H3,(H,27,33)/t17-/m1/s1. The molecule has 5 rings (SSSR count). The lowest BCUT2D eigenvalue weighted by Crippen LogP contribution is -2.26. The highest BCUT2D eigenvalue weighted by Crippen LogP contribution is 2.32. The van der Waals surface area contributed by atoms with Crippen molar-refractivity contribution in [3.05, 3.63) is 58.6 Å². The molecular weight excluding hydrogens is 462 g/mol. The predicted molar refractivity (Wildman–Crippen MR) is 136 cm³/mol. The predicted octanol–water partition coefficient (Wildman–Crippen LogP) is 4.16. The van der Waals surface area contributed by atoms with E-state index < -0.39 is 5.25 Å². The van der Waals surface area contributed by atoms with E-state index in [4.69, 9.17) is 4.98 Å². The third-order valence-corrected chi connectivity index (χ3v) is 7.32. The highest BCUT2D eigenvalue weighted by atomic mass is 32.2. The number of nitrogens with zero attached hydrogens (tertiary/aromatic N) is 6. The van der Waals surface area contributed by atoms with Crippen LogP contribution in [0.25, 0.3) is 17.1 Å². The van der Waals surface area contributed by atoms with Crippen LogP contribution in [-0.2, 0) is 17.8 Å². The molecule has 0 spiro atoms. The van der Waals surface area contributed by atoms with Crippen molar-refractivity contribution >= 4 is 23.5 Å². The van der Waals surface area contributed by atoms with Gasteiger partial charge in [-0.05, 0) is 52.2 Å². The molecule has 1 aromatic heterocycles. The number of nitrogens with one attached hydrogen (secondary N) is 1. The van der Waals surface area contributed by atoms with E-state index in [1.165, 1.54) is 16.4 Å². The van der Waals surface area contributed by atoms with E-state index in [0.29, 0.717) is 28.0 Å². The number of para-hydroxylation sites is 1. The molecule has 35 heavy (non-hydrogen) atoms. The van der Waals surface area contributed by atoms with Gasteiger partial charge >= 0.3 is 0 Å². The Morgan fingerprint density at radius 3 is 2.66 bits per heavy atom. The summed E-state index contributed by atoms with van der Waals surface area (Å²) in [6, 6.07) is 11.3. The first-order chi connectivity index (χ1) is 16.9. The normalized spacial score (nSPS) is 14.6. The van der Waals surface area contributed by atoms with Crippen molar-refractivity contribution in [2.75, 3.05) is 5.32 Å². The molecule has 0 fully saturated rings. The molecule has 0 aliphatic carbocycles. The number of aromatic nitrogens is 6. The maximum atomic E-state index is 13.4. The molecule has 0 radical (unpaired) electrons. The molecule has 1 amide bonds. The van der Waals surface area contributed by atoms with Crippen LogP contribution in [0.2, 0.25) is 0 Å². The van der Waals surface area contributed by atoms with Crippen LogP contribution in [0, 0.1) is 0 Å². The highest BCUT2D eigenvalue weighted by Gasteiger charge is 2.28. The highest BCUT2D eigenvalue weighted by molar-refractivity contribution is 8.00. The van der Waals surface area contributed by atoms with Gasteiger partial charge in [0.2, 0.25) is 5.91 Å². The van der Waals surface area contributed by atoms with Gasteiger partial charge in [-0.2, -0.15) is 9.78 Å².